The number of likely N-dealkylation sites (N-methyl/N-ethyl adjacent to an activating group) is 1. The van der Waals surface area contributed by atoms with Crippen molar-refractivity contribution in [3.63, 3.8) is 0 Å². The van der Waals surface area contributed by atoms with Crippen LogP contribution in [0.3, 0.4) is 0 Å². The Labute approximate surface area is 159 Å². The minimum Gasteiger partial charge on any atom is -0.376 e. The van der Waals surface area contributed by atoms with Gasteiger partial charge in [-0.15, -0.1) is 0 Å². The predicted molar refractivity (Wildman–Crippen MR) is 104 cm³/mol. The van der Waals surface area contributed by atoms with Gasteiger partial charge in [0.1, 0.15) is 0 Å². The lowest BCUT2D eigenvalue weighted by atomic mass is 10.0. The number of carbonyl (C=O) groups is 2. The van der Waals surface area contributed by atoms with E-state index >= 15 is 0 Å². The third-order valence-electron chi connectivity index (χ3n) is 5.09. The molecule has 27 heavy (non-hydrogen) atoms. The first-order valence-electron chi connectivity index (χ1n) is 9.35. The Bertz CT molecular complexity index is 809. The molecule has 146 valence electrons. The Morgan fingerprint density at radius 2 is 2.00 bits per heavy atom. The van der Waals surface area contributed by atoms with E-state index in [1.807, 2.05) is 38.2 Å². The molecule has 2 atom stereocenters. The molecule has 7 nitrogen and oxygen atoms in total. The van der Waals surface area contributed by atoms with Crippen molar-refractivity contribution < 1.29 is 14.3 Å². The quantitative estimate of drug-likeness (QED) is 0.747. The summed E-state index contributed by atoms with van der Waals surface area (Å²) in [6, 6.07) is 8.14. The van der Waals surface area contributed by atoms with E-state index < -0.39 is 11.8 Å². The third kappa shape index (κ3) is 4.48. The Kier molecular flexibility index (Phi) is 6.13. The summed E-state index contributed by atoms with van der Waals surface area (Å²) in [7, 11) is 5.95. The van der Waals surface area contributed by atoms with Gasteiger partial charge in [-0.25, -0.2) is 0 Å². The van der Waals surface area contributed by atoms with Crippen LogP contribution in [0, 0.1) is 0 Å². The van der Waals surface area contributed by atoms with Crippen molar-refractivity contribution in [2.45, 2.75) is 25.0 Å². The second kappa shape index (κ2) is 8.54. The number of carbonyl (C=O) groups excluding carboxylic acids is 2. The van der Waals surface area contributed by atoms with E-state index in [2.05, 4.69) is 33.5 Å². The predicted octanol–water partition coefficient (Wildman–Crippen LogP) is 1.19. The van der Waals surface area contributed by atoms with Gasteiger partial charge in [-0.3, -0.25) is 9.59 Å². The van der Waals surface area contributed by atoms with Crippen LogP contribution >= 0.6 is 0 Å². The van der Waals surface area contributed by atoms with E-state index in [1.165, 1.54) is 0 Å². The van der Waals surface area contributed by atoms with Crippen LogP contribution in [0.4, 0.5) is 0 Å². The van der Waals surface area contributed by atoms with Crippen LogP contribution in [-0.2, 0) is 21.4 Å². The van der Waals surface area contributed by atoms with Gasteiger partial charge in [0.25, 0.3) is 0 Å². The maximum Gasteiger partial charge on any atom is 0.309 e. The van der Waals surface area contributed by atoms with Crippen LogP contribution < -0.4 is 10.6 Å². The highest BCUT2D eigenvalue weighted by molar-refractivity contribution is 6.35. The molecule has 1 fully saturated rings. The van der Waals surface area contributed by atoms with Crippen LogP contribution in [0.5, 0.6) is 0 Å². The minimum absolute atomic E-state index is 0.0203. The zero-order chi connectivity index (χ0) is 19.4. The number of amides is 2. The van der Waals surface area contributed by atoms with E-state index in [4.69, 9.17) is 4.74 Å². The number of aryl methyl sites for hydroxylation is 1. The Balaban J connectivity index is 1.62. The van der Waals surface area contributed by atoms with E-state index in [-0.39, 0.29) is 12.1 Å². The molecule has 2 heterocycles. The molecule has 1 saturated heterocycles. The Morgan fingerprint density at radius 1 is 1.26 bits per heavy atom. The summed E-state index contributed by atoms with van der Waals surface area (Å²) in [5.74, 6) is -1.22. The van der Waals surface area contributed by atoms with Gasteiger partial charge < -0.3 is 24.8 Å². The molecular formula is C20H28N4O3. The maximum absolute atomic E-state index is 12.2. The molecule has 2 aromatic rings. The lowest BCUT2D eigenvalue weighted by molar-refractivity contribution is -0.139. The SMILES string of the molecule is CN(C)[C@H](CNC(=O)C(=O)NC[C@@H]1CCCO1)c1cn(C)c2ccccc12. The first kappa shape index (κ1) is 19.4. The van der Waals surface area contributed by atoms with Gasteiger partial charge in [0, 0.05) is 43.8 Å². The normalized spacial score (nSPS) is 18.0. The zero-order valence-electron chi connectivity index (χ0n) is 16.2. The molecule has 1 aliphatic rings. The molecule has 0 bridgehead atoms. The summed E-state index contributed by atoms with van der Waals surface area (Å²) in [6.07, 6.45) is 4.03. The number of fused-ring (bicyclic) bond motifs is 1. The first-order valence-corrected chi connectivity index (χ1v) is 9.35. The van der Waals surface area contributed by atoms with Gasteiger partial charge in [0.05, 0.1) is 12.1 Å². The van der Waals surface area contributed by atoms with Crippen molar-refractivity contribution >= 4 is 22.7 Å². The molecule has 0 unspecified atom stereocenters. The Hall–Kier alpha value is -2.38. The smallest absolute Gasteiger partial charge is 0.309 e. The number of benzene rings is 1. The highest BCUT2D eigenvalue weighted by Gasteiger charge is 2.23. The van der Waals surface area contributed by atoms with Crippen molar-refractivity contribution in [1.82, 2.24) is 20.1 Å². The molecule has 0 aliphatic carbocycles. The summed E-state index contributed by atoms with van der Waals surface area (Å²) >= 11 is 0. The fourth-order valence-corrected chi connectivity index (χ4v) is 3.57. The number of ether oxygens (including phenoxy) is 1. The van der Waals surface area contributed by atoms with Gasteiger partial charge in [-0.05, 0) is 38.6 Å². The highest BCUT2D eigenvalue weighted by Crippen LogP contribution is 2.28. The van der Waals surface area contributed by atoms with Crippen LogP contribution in [0.1, 0.15) is 24.4 Å². The molecule has 2 amide bonds. The molecular weight excluding hydrogens is 344 g/mol. The van der Waals surface area contributed by atoms with Crippen molar-refractivity contribution in [1.29, 1.82) is 0 Å². The minimum atomic E-state index is -0.611. The largest absolute Gasteiger partial charge is 0.376 e. The van der Waals surface area contributed by atoms with Crippen LogP contribution in [-0.4, -0.2) is 61.2 Å². The van der Waals surface area contributed by atoms with Crippen molar-refractivity contribution in [2.75, 3.05) is 33.8 Å². The monoisotopic (exact) mass is 372 g/mol. The topological polar surface area (TPSA) is 75.6 Å². The van der Waals surface area contributed by atoms with Gasteiger partial charge >= 0.3 is 11.8 Å². The number of rotatable bonds is 6. The van der Waals surface area contributed by atoms with Crippen LogP contribution in [0.25, 0.3) is 10.9 Å². The highest BCUT2D eigenvalue weighted by atomic mass is 16.5. The second-order valence-electron chi connectivity index (χ2n) is 7.25. The molecule has 2 N–H and O–H groups in total. The molecule has 0 saturated carbocycles. The number of nitrogens with one attached hydrogen (secondary N) is 2. The zero-order valence-corrected chi connectivity index (χ0v) is 16.2. The van der Waals surface area contributed by atoms with E-state index in [9.17, 15) is 9.59 Å². The van der Waals surface area contributed by atoms with E-state index in [1.54, 1.807) is 0 Å². The standard InChI is InChI=1S/C20H28N4O3/c1-23(2)18(16-13-24(3)17-9-5-4-8-15(16)17)12-22-20(26)19(25)21-11-14-7-6-10-27-14/h4-5,8-9,13-14,18H,6-7,10-12H2,1-3H3,(H,21,25)(H,22,26)/t14-,18+/m0/s1. The lowest BCUT2D eigenvalue weighted by Gasteiger charge is -2.24. The van der Waals surface area contributed by atoms with Crippen molar-refractivity contribution in [3.8, 4) is 0 Å². The van der Waals surface area contributed by atoms with Gasteiger partial charge in [0.15, 0.2) is 0 Å². The number of para-hydroxylation sites is 1. The third-order valence-corrected chi connectivity index (χ3v) is 5.09. The summed E-state index contributed by atoms with van der Waals surface area (Å²) in [4.78, 5) is 26.3. The van der Waals surface area contributed by atoms with Gasteiger partial charge in [0.2, 0.25) is 0 Å². The van der Waals surface area contributed by atoms with Gasteiger partial charge in [-0.2, -0.15) is 0 Å². The molecule has 7 heteroatoms. The van der Waals surface area contributed by atoms with Crippen molar-refractivity contribution in [3.05, 3.63) is 36.0 Å². The summed E-state index contributed by atoms with van der Waals surface area (Å²) in [6.45, 7) is 1.46. The fraction of sp³-hybridized carbons (Fsp3) is 0.500. The number of aromatic nitrogens is 1. The molecule has 1 aromatic heterocycles. The lowest BCUT2D eigenvalue weighted by Crippen LogP contribution is -2.44. The summed E-state index contributed by atoms with van der Waals surface area (Å²) in [5.41, 5.74) is 2.26. The maximum atomic E-state index is 12.2. The average molecular weight is 372 g/mol. The van der Waals surface area contributed by atoms with Crippen LogP contribution in [0.15, 0.2) is 30.5 Å². The Morgan fingerprint density at radius 3 is 2.70 bits per heavy atom. The molecule has 0 spiro atoms. The van der Waals surface area contributed by atoms with Crippen LogP contribution in [0.2, 0.25) is 0 Å². The van der Waals surface area contributed by atoms with Gasteiger partial charge in [-0.1, -0.05) is 18.2 Å². The van der Waals surface area contributed by atoms with Crippen molar-refractivity contribution in [2.24, 2.45) is 7.05 Å². The molecule has 1 aromatic carbocycles. The molecule has 0 radical (unpaired) electrons. The van der Waals surface area contributed by atoms with E-state index in [0.717, 1.165) is 35.9 Å². The second-order valence-corrected chi connectivity index (χ2v) is 7.25. The first-order chi connectivity index (χ1) is 13.0. The number of hydrogen-bond donors (Lipinski definition) is 2. The molecule has 3 rings (SSSR count). The summed E-state index contributed by atoms with van der Waals surface area (Å²) < 4.78 is 7.54. The summed E-state index contributed by atoms with van der Waals surface area (Å²) in [5, 5.41) is 6.58. The average Bonchev–Trinajstić information content (AvgIpc) is 3.28. The number of nitrogens with zero attached hydrogens (tertiary/aromatic N) is 2. The molecule has 1 aliphatic heterocycles. The number of hydrogen-bond acceptors (Lipinski definition) is 4. The van der Waals surface area contributed by atoms with E-state index in [0.29, 0.717) is 13.1 Å². The fourth-order valence-electron chi connectivity index (χ4n) is 3.57.